The molecule has 144 valence electrons. The Balaban J connectivity index is 1.65. The van der Waals surface area contributed by atoms with Crippen LogP contribution in [0.2, 0.25) is 0 Å². The second kappa shape index (κ2) is 9.05. The van der Waals surface area contributed by atoms with Gasteiger partial charge in [-0.3, -0.25) is 9.59 Å². The van der Waals surface area contributed by atoms with Gasteiger partial charge in [-0.2, -0.15) is 5.26 Å². The molecule has 0 aromatic heterocycles. The molecule has 0 saturated carbocycles. The average Bonchev–Trinajstić information content (AvgIpc) is 2.74. The number of nitriles is 1. The molecule has 1 aliphatic heterocycles. The summed E-state index contributed by atoms with van der Waals surface area (Å²) in [6.07, 6.45) is 1.85. The zero-order valence-corrected chi connectivity index (χ0v) is 15.9. The zero-order valence-electron chi connectivity index (χ0n) is 15.9. The first-order valence-corrected chi connectivity index (χ1v) is 9.31. The summed E-state index contributed by atoms with van der Waals surface area (Å²) in [6.45, 7) is 1.07. The summed E-state index contributed by atoms with van der Waals surface area (Å²) in [7, 11) is 1.52. The van der Waals surface area contributed by atoms with Gasteiger partial charge in [0, 0.05) is 13.1 Å². The van der Waals surface area contributed by atoms with Crippen LogP contribution in [0.4, 0.5) is 5.69 Å². The minimum absolute atomic E-state index is 0.0350. The lowest BCUT2D eigenvalue weighted by atomic mass is 9.96. The molecule has 6 heteroatoms. The van der Waals surface area contributed by atoms with Gasteiger partial charge in [0.05, 0.1) is 36.8 Å². The third kappa shape index (κ3) is 4.68. The largest absolute Gasteiger partial charge is 0.495 e. The smallest absolute Gasteiger partial charge is 0.229 e. The number of rotatable bonds is 5. The van der Waals surface area contributed by atoms with Crippen LogP contribution in [-0.4, -0.2) is 36.9 Å². The molecule has 6 nitrogen and oxygen atoms in total. The number of nitrogens with zero attached hydrogens (tertiary/aromatic N) is 2. The van der Waals surface area contributed by atoms with Crippen LogP contribution in [0.5, 0.6) is 5.75 Å². The number of nitrogens with one attached hydrogen (secondary N) is 1. The van der Waals surface area contributed by atoms with E-state index in [1.165, 1.54) is 7.11 Å². The number of piperidine rings is 1. The lowest BCUT2D eigenvalue weighted by Crippen LogP contribution is -2.44. The summed E-state index contributed by atoms with van der Waals surface area (Å²) >= 11 is 0. The topological polar surface area (TPSA) is 82.4 Å². The number of benzene rings is 2. The first kappa shape index (κ1) is 19.4. The minimum Gasteiger partial charge on any atom is -0.495 e. The van der Waals surface area contributed by atoms with Gasteiger partial charge in [-0.25, -0.2) is 0 Å². The second-order valence-electron chi connectivity index (χ2n) is 6.86. The number of likely N-dealkylation sites (tertiary alicyclic amines) is 1. The fraction of sp³-hybridized carbons (Fsp3) is 0.318. The average molecular weight is 377 g/mol. The Morgan fingerprint density at radius 2 is 2.04 bits per heavy atom. The molecule has 1 aliphatic rings. The van der Waals surface area contributed by atoms with Crippen LogP contribution in [0.1, 0.15) is 24.0 Å². The van der Waals surface area contributed by atoms with Gasteiger partial charge in [0.2, 0.25) is 11.8 Å². The van der Waals surface area contributed by atoms with E-state index in [-0.39, 0.29) is 17.7 Å². The molecule has 2 aromatic rings. The Bertz CT molecular complexity index is 890. The van der Waals surface area contributed by atoms with Gasteiger partial charge in [-0.05, 0) is 36.6 Å². The van der Waals surface area contributed by atoms with E-state index in [1.54, 1.807) is 23.1 Å². The first-order chi connectivity index (χ1) is 13.6. The van der Waals surface area contributed by atoms with Gasteiger partial charge in [0.1, 0.15) is 5.75 Å². The highest BCUT2D eigenvalue weighted by Gasteiger charge is 2.28. The molecule has 0 spiro atoms. The quantitative estimate of drug-likeness (QED) is 0.868. The Morgan fingerprint density at radius 3 is 2.75 bits per heavy atom. The van der Waals surface area contributed by atoms with Crippen LogP contribution in [0.3, 0.4) is 0 Å². The monoisotopic (exact) mass is 377 g/mol. The fourth-order valence-electron chi connectivity index (χ4n) is 3.41. The van der Waals surface area contributed by atoms with Crippen LogP contribution in [0, 0.1) is 17.2 Å². The van der Waals surface area contributed by atoms with Crippen molar-refractivity contribution in [2.24, 2.45) is 5.92 Å². The second-order valence-corrected chi connectivity index (χ2v) is 6.86. The molecule has 0 radical (unpaired) electrons. The van der Waals surface area contributed by atoms with Gasteiger partial charge < -0.3 is 15.0 Å². The molecule has 1 atom stereocenters. The standard InChI is InChI=1S/C22H23N3O3/c1-28-20-10-9-17(14-23)12-19(20)24-22(27)18-8-5-11-25(15-18)21(26)13-16-6-3-2-4-7-16/h2-4,6-7,9-10,12,18H,5,8,11,13,15H2,1H3,(H,24,27). The number of methoxy groups -OCH3 is 1. The van der Waals surface area contributed by atoms with Crippen LogP contribution >= 0.6 is 0 Å². The van der Waals surface area contributed by atoms with Crippen molar-refractivity contribution in [2.75, 3.05) is 25.5 Å². The highest BCUT2D eigenvalue weighted by Crippen LogP contribution is 2.27. The molecule has 1 fully saturated rings. The molecule has 1 saturated heterocycles. The number of anilines is 1. The Morgan fingerprint density at radius 1 is 1.25 bits per heavy atom. The summed E-state index contributed by atoms with van der Waals surface area (Å²) in [5.41, 5.74) is 1.89. The van der Waals surface area contributed by atoms with Gasteiger partial charge in [0.25, 0.3) is 0 Å². The van der Waals surface area contributed by atoms with E-state index in [1.807, 2.05) is 30.3 Å². The third-order valence-corrected chi connectivity index (χ3v) is 4.93. The summed E-state index contributed by atoms with van der Waals surface area (Å²) in [6, 6.07) is 16.6. The minimum atomic E-state index is -0.288. The number of hydrogen-bond acceptors (Lipinski definition) is 4. The van der Waals surface area contributed by atoms with Crippen LogP contribution < -0.4 is 10.1 Å². The van der Waals surface area contributed by atoms with Gasteiger partial charge in [0.15, 0.2) is 0 Å². The van der Waals surface area contributed by atoms with Crippen molar-refractivity contribution in [1.82, 2.24) is 4.90 Å². The molecule has 1 unspecified atom stereocenters. The number of amides is 2. The lowest BCUT2D eigenvalue weighted by Gasteiger charge is -2.32. The van der Waals surface area contributed by atoms with Gasteiger partial charge in [-0.1, -0.05) is 30.3 Å². The van der Waals surface area contributed by atoms with E-state index in [4.69, 9.17) is 10.00 Å². The van der Waals surface area contributed by atoms with Crippen molar-refractivity contribution in [3.63, 3.8) is 0 Å². The maximum absolute atomic E-state index is 12.8. The lowest BCUT2D eigenvalue weighted by molar-refractivity contribution is -0.133. The molecule has 2 aromatic carbocycles. The molecule has 1 heterocycles. The molecular formula is C22H23N3O3. The highest BCUT2D eigenvalue weighted by atomic mass is 16.5. The maximum Gasteiger partial charge on any atom is 0.229 e. The van der Waals surface area contributed by atoms with Crippen molar-refractivity contribution in [3.8, 4) is 11.8 Å². The van der Waals surface area contributed by atoms with E-state index in [2.05, 4.69) is 11.4 Å². The van der Waals surface area contributed by atoms with E-state index in [9.17, 15) is 9.59 Å². The van der Waals surface area contributed by atoms with Gasteiger partial charge in [-0.15, -0.1) is 0 Å². The summed E-state index contributed by atoms with van der Waals surface area (Å²) in [5, 5.41) is 11.9. The molecule has 28 heavy (non-hydrogen) atoms. The Kier molecular flexibility index (Phi) is 6.28. The first-order valence-electron chi connectivity index (χ1n) is 9.31. The van der Waals surface area contributed by atoms with E-state index >= 15 is 0 Å². The van der Waals surface area contributed by atoms with E-state index in [0.717, 1.165) is 18.4 Å². The highest BCUT2D eigenvalue weighted by molar-refractivity contribution is 5.94. The third-order valence-electron chi connectivity index (χ3n) is 4.93. The molecule has 0 bridgehead atoms. The van der Waals surface area contributed by atoms with Crippen molar-refractivity contribution in [2.45, 2.75) is 19.3 Å². The molecule has 1 N–H and O–H groups in total. The fourth-order valence-corrected chi connectivity index (χ4v) is 3.41. The molecule has 2 amide bonds. The van der Waals surface area contributed by atoms with Gasteiger partial charge >= 0.3 is 0 Å². The van der Waals surface area contributed by atoms with Crippen molar-refractivity contribution < 1.29 is 14.3 Å². The van der Waals surface area contributed by atoms with Crippen molar-refractivity contribution in [1.29, 1.82) is 5.26 Å². The van der Waals surface area contributed by atoms with Crippen molar-refractivity contribution >= 4 is 17.5 Å². The molecule has 0 aliphatic carbocycles. The molecular weight excluding hydrogens is 354 g/mol. The number of carbonyl (C=O) groups is 2. The SMILES string of the molecule is COc1ccc(C#N)cc1NC(=O)C1CCCN(C(=O)Cc2ccccc2)C1. The Hall–Kier alpha value is -3.33. The van der Waals surface area contributed by atoms with E-state index in [0.29, 0.717) is 36.5 Å². The summed E-state index contributed by atoms with van der Waals surface area (Å²) in [4.78, 5) is 27.2. The summed E-state index contributed by atoms with van der Waals surface area (Å²) < 4.78 is 5.27. The maximum atomic E-state index is 12.8. The van der Waals surface area contributed by atoms with E-state index < -0.39 is 0 Å². The number of hydrogen-bond donors (Lipinski definition) is 1. The van der Waals surface area contributed by atoms with Crippen LogP contribution in [-0.2, 0) is 16.0 Å². The number of ether oxygens (including phenoxy) is 1. The molecule has 3 rings (SSSR count). The zero-order chi connectivity index (χ0) is 19.9. The number of carbonyl (C=O) groups excluding carboxylic acids is 2. The predicted octanol–water partition coefficient (Wildman–Crippen LogP) is 2.99. The van der Waals surface area contributed by atoms with Crippen LogP contribution in [0.25, 0.3) is 0 Å². The predicted molar refractivity (Wildman–Crippen MR) is 106 cm³/mol. The summed E-state index contributed by atoms with van der Waals surface area (Å²) in [5.74, 6) is 0.0856. The van der Waals surface area contributed by atoms with Crippen molar-refractivity contribution in [3.05, 3.63) is 59.7 Å². The normalized spacial score (nSPS) is 16.1. The Labute approximate surface area is 164 Å². The van der Waals surface area contributed by atoms with Crippen LogP contribution in [0.15, 0.2) is 48.5 Å².